The molecule has 1 amide bonds. The maximum absolute atomic E-state index is 13.2. The van der Waals surface area contributed by atoms with Crippen LogP contribution in [0.5, 0.6) is 0 Å². The second-order valence-electron chi connectivity index (χ2n) is 4.26. The lowest BCUT2D eigenvalue weighted by atomic mass is 9.95. The molecule has 1 fully saturated rings. The third-order valence-corrected chi connectivity index (χ3v) is 4.31. The predicted molar refractivity (Wildman–Crippen MR) is 74.2 cm³/mol. The molecule has 0 unspecified atom stereocenters. The van der Waals surface area contributed by atoms with Gasteiger partial charge in [-0.05, 0) is 42.5 Å². The van der Waals surface area contributed by atoms with E-state index in [1.807, 2.05) is 0 Å². The van der Waals surface area contributed by atoms with Crippen molar-refractivity contribution in [2.45, 2.75) is 18.4 Å². The highest BCUT2D eigenvalue weighted by Crippen LogP contribution is 2.28. The van der Waals surface area contributed by atoms with Crippen molar-refractivity contribution >= 4 is 39.3 Å². The van der Waals surface area contributed by atoms with Crippen LogP contribution in [0, 0.1) is 5.82 Å². The summed E-state index contributed by atoms with van der Waals surface area (Å²) >= 11 is 4.87. The number of hydrogen-bond donors (Lipinski definition) is 2. The SMILES string of the molecule is O=C(Nc1cc(F)cc(Br)c1)C1(O)CCSCC1. The van der Waals surface area contributed by atoms with Gasteiger partial charge in [0.1, 0.15) is 11.4 Å². The smallest absolute Gasteiger partial charge is 0.256 e. The molecule has 0 saturated carbocycles. The van der Waals surface area contributed by atoms with E-state index >= 15 is 0 Å². The number of aliphatic hydroxyl groups is 1. The fourth-order valence-corrected chi connectivity index (χ4v) is 3.44. The number of thioether (sulfide) groups is 1. The van der Waals surface area contributed by atoms with Gasteiger partial charge in [0, 0.05) is 10.2 Å². The van der Waals surface area contributed by atoms with Gasteiger partial charge < -0.3 is 10.4 Å². The first kappa shape index (κ1) is 13.8. The lowest BCUT2D eigenvalue weighted by Crippen LogP contribution is -2.45. The standard InChI is InChI=1S/C12H13BrFNO2S/c13-8-5-9(14)7-10(6-8)15-11(16)12(17)1-3-18-4-2-12/h5-7,17H,1-4H2,(H,15,16). The van der Waals surface area contributed by atoms with Gasteiger partial charge in [0.25, 0.3) is 5.91 Å². The Morgan fingerprint density at radius 2 is 2.06 bits per heavy atom. The van der Waals surface area contributed by atoms with Gasteiger partial charge in [0.15, 0.2) is 0 Å². The van der Waals surface area contributed by atoms with Crippen molar-refractivity contribution in [2.24, 2.45) is 0 Å². The summed E-state index contributed by atoms with van der Waals surface area (Å²) in [4.78, 5) is 12.0. The van der Waals surface area contributed by atoms with E-state index in [9.17, 15) is 14.3 Å². The Bertz CT molecular complexity index is 443. The number of rotatable bonds is 2. The lowest BCUT2D eigenvalue weighted by Gasteiger charge is -2.30. The van der Waals surface area contributed by atoms with Crippen molar-refractivity contribution in [3.05, 3.63) is 28.5 Å². The quantitative estimate of drug-likeness (QED) is 0.874. The lowest BCUT2D eigenvalue weighted by molar-refractivity contribution is -0.134. The van der Waals surface area contributed by atoms with Crippen molar-refractivity contribution in [3.8, 4) is 0 Å². The molecule has 18 heavy (non-hydrogen) atoms. The number of nitrogens with one attached hydrogen (secondary N) is 1. The Morgan fingerprint density at radius 1 is 1.39 bits per heavy atom. The summed E-state index contributed by atoms with van der Waals surface area (Å²) in [5, 5.41) is 12.8. The number of carbonyl (C=O) groups is 1. The summed E-state index contributed by atoms with van der Waals surface area (Å²) < 4.78 is 13.7. The number of anilines is 1. The van der Waals surface area contributed by atoms with Crippen LogP contribution in [-0.2, 0) is 4.79 Å². The highest BCUT2D eigenvalue weighted by Gasteiger charge is 2.37. The Labute approximate surface area is 117 Å². The highest BCUT2D eigenvalue weighted by molar-refractivity contribution is 9.10. The van der Waals surface area contributed by atoms with Gasteiger partial charge in [-0.2, -0.15) is 11.8 Å². The predicted octanol–water partition coefficient (Wildman–Crippen LogP) is 2.78. The minimum absolute atomic E-state index is 0.346. The van der Waals surface area contributed by atoms with Crippen molar-refractivity contribution in [1.82, 2.24) is 0 Å². The molecule has 1 saturated heterocycles. The van der Waals surface area contributed by atoms with Gasteiger partial charge in [-0.1, -0.05) is 15.9 Å². The molecular formula is C12H13BrFNO2S. The molecule has 98 valence electrons. The van der Waals surface area contributed by atoms with Gasteiger partial charge in [0.2, 0.25) is 0 Å². The molecular weight excluding hydrogens is 321 g/mol. The van der Waals surface area contributed by atoms with E-state index in [-0.39, 0.29) is 0 Å². The first-order chi connectivity index (χ1) is 8.49. The van der Waals surface area contributed by atoms with Crippen molar-refractivity contribution in [2.75, 3.05) is 16.8 Å². The summed E-state index contributed by atoms with van der Waals surface area (Å²) in [6, 6.07) is 4.13. The molecule has 1 aliphatic heterocycles. The number of benzene rings is 1. The average molecular weight is 334 g/mol. The molecule has 0 aromatic heterocycles. The van der Waals surface area contributed by atoms with Gasteiger partial charge >= 0.3 is 0 Å². The first-order valence-electron chi connectivity index (χ1n) is 5.57. The van der Waals surface area contributed by atoms with Crippen LogP contribution in [0.25, 0.3) is 0 Å². The fourth-order valence-electron chi connectivity index (χ4n) is 1.81. The van der Waals surface area contributed by atoms with Crippen LogP contribution in [0.3, 0.4) is 0 Å². The molecule has 2 N–H and O–H groups in total. The number of halogens is 2. The van der Waals surface area contributed by atoms with Gasteiger partial charge in [-0.25, -0.2) is 4.39 Å². The molecule has 6 heteroatoms. The summed E-state index contributed by atoms with van der Waals surface area (Å²) in [5.74, 6) is 0.624. The van der Waals surface area contributed by atoms with E-state index in [4.69, 9.17) is 0 Å². The van der Waals surface area contributed by atoms with Crippen LogP contribution in [0.2, 0.25) is 0 Å². The zero-order valence-corrected chi connectivity index (χ0v) is 12.0. The van der Waals surface area contributed by atoms with Crippen molar-refractivity contribution in [3.63, 3.8) is 0 Å². The highest BCUT2D eigenvalue weighted by atomic mass is 79.9. The van der Waals surface area contributed by atoms with E-state index < -0.39 is 17.3 Å². The zero-order chi connectivity index (χ0) is 13.2. The van der Waals surface area contributed by atoms with Crippen LogP contribution >= 0.6 is 27.7 Å². The number of carbonyl (C=O) groups excluding carboxylic acids is 1. The summed E-state index contributed by atoms with van der Waals surface area (Å²) in [6.45, 7) is 0. The topological polar surface area (TPSA) is 49.3 Å². The van der Waals surface area contributed by atoms with E-state index in [0.29, 0.717) is 23.0 Å². The molecule has 1 aliphatic rings. The summed E-state index contributed by atoms with van der Waals surface area (Å²) in [5.41, 5.74) is -0.983. The molecule has 1 heterocycles. The molecule has 2 rings (SSSR count). The summed E-state index contributed by atoms with van der Waals surface area (Å²) in [7, 11) is 0. The molecule has 0 spiro atoms. The number of amides is 1. The maximum atomic E-state index is 13.2. The van der Waals surface area contributed by atoms with E-state index in [0.717, 1.165) is 11.5 Å². The molecule has 3 nitrogen and oxygen atoms in total. The Balaban J connectivity index is 2.10. The monoisotopic (exact) mass is 333 g/mol. The van der Waals surface area contributed by atoms with Gasteiger partial charge in [0.05, 0.1) is 0 Å². The number of hydrogen-bond acceptors (Lipinski definition) is 3. The summed E-state index contributed by atoms with van der Waals surface area (Å²) in [6.07, 6.45) is 0.861. The zero-order valence-electron chi connectivity index (χ0n) is 9.58. The molecule has 1 aromatic rings. The molecule has 0 atom stereocenters. The van der Waals surface area contributed by atoms with Crippen LogP contribution in [0.4, 0.5) is 10.1 Å². The third-order valence-electron chi connectivity index (χ3n) is 2.86. The van der Waals surface area contributed by atoms with Crippen LogP contribution in [0.15, 0.2) is 22.7 Å². The minimum atomic E-state index is -1.33. The van der Waals surface area contributed by atoms with Crippen molar-refractivity contribution < 1.29 is 14.3 Å². The second kappa shape index (κ2) is 5.59. The molecule has 0 radical (unpaired) electrons. The molecule has 0 bridgehead atoms. The maximum Gasteiger partial charge on any atom is 0.256 e. The Morgan fingerprint density at radius 3 is 2.67 bits per heavy atom. The van der Waals surface area contributed by atoms with Crippen molar-refractivity contribution in [1.29, 1.82) is 0 Å². The minimum Gasteiger partial charge on any atom is -0.380 e. The van der Waals surface area contributed by atoms with E-state index in [1.54, 1.807) is 17.8 Å². The second-order valence-corrected chi connectivity index (χ2v) is 6.40. The van der Waals surface area contributed by atoms with Crippen LogP contribution in [0.1, 0.15) is 12.8 Å². The molecule has 1 aromatic carbocycles. The first-order valence-corrected chi connectivity index (χ1v) is 7.52. The average Bonchev–Trinajstić information content (AvgIpc) is 2.28. The van der Waals surface area contributed by atoms with Crippen LogP contribution < -0.4 is 5.32 Å². The van der Waals surface area contributed by atoms with E-state index in [1.165, 1.54) is 12.1 Å². The van der Waals surface area contributed by atoms with Gasteiger partial charge in [-0.3, -0.25) is 4.79 Å². The van der Waals surface area contributed by atoms with Crippen LogP contribution in [-0.4, -0.2) is 28.1 Å². The fraction of sp³-hybridized carbons (Fsp3) is 0.417. The van der Waals surface area contributed by atoms with Gasteiger partial charge in [-0.15, -0.1) is 0 Å². The molecule has 0 aliphatic carbocycles. The third kappa shape index (κ3) is 3.24. The Kier molecular flexibility index (Phi) is 4.29. The normalized spacial score (nSPS) is 18.4. The Hall–Kier alpha value is -0.590. The largest absolute Gasteiger partial charge is 0.380 e. The van der Waals surface area contributed by atoms with E-state index in [2.05, 4.69) is 21.2 Å².